The molecule has 6 heteroatoms. The van der Waals surface area contributed by atoms with Crippen molar-refractivity contribution in [2.75, 3.05) is 0 Å². The van der Waals surface area contributed by atoms with Gasteiger partial charge in [-0.3, -0.25) is 5.10 Å². The molecule has 0 atom stereocenters. The minimum atomic E-state index is -0.00777. The van der Waals surface area contributed by atoms with Crippen LogP contribution >= 0.6 is 11.3 Å². The van der Waals surface area contributed by atoms with E-state index in [1.54, 1.807) is 23.6 Å². The number of benzene rings is 2. The van der Waals surface area contributed by atoms with Crippen molar-refractivity contribution in [1.29, 1.82) is 0 Å². The van der Waals surface area contributed by atoms with Crippen LogP contribution in [0.5, 0.6) is 11.5 Å². The van der Waals surface area contributed by atoms with E-state index in [0.717, 1.165) is 20.8 Å². The Labute approximate surface area is 129 Å². The Bertz CT molecular complexity index is 941. The van der Waals surface area contributed by atoms with E-state index in [1.807, 2.05) is 24.3 Å². The van der Waals surface area contributed by atoms with Crippen LogP contribution < -0.4 is 0 Å². The number of aromatic hydroxyl groups is 2. The fourth-order valence-corrected chi connectivity index (χ4v) is 3.35. The van der Waals surface area contributed by atoms with Crippen LogP contribution in [0.1, 0.15) is 0 Å². The van der Waals surface area contributed by atoms with Gasteiger partial charge in [0.1, 0.15) is 16.5 Å². The number of aromatic amines is 1. The number of fused-ring (bicyclic) bond motifs is 1. The van der Waals surface area contributed by atoms with E-state index in [4.69, 9.17) is 0 Å². The molecule has 0 bridgehead atoms. The molecule has 4 rings (SSSR count). The van der Waals surface area contributed by atoms with Gasteiger partial charge in [0.15, 0.2) is 0 Å². The number of aromatic nitrogens is 3. The van der Waals surface area contributed by atoms with Crippen LogP contribution in [0, 0.1) is 0 Å². The zero-order valence-electron chi connectivity index (χ0n) is 11.3. The lowest BCUT2D eigenvalue weighted by Crippen LogP contribution is -1.83. The molecule has 4 aromatic rings. The van der Waals surface area contributed by atoms with Crippen LogP contribution in [0.15, 0.2) is 48.7 Å². The summed E-state index contributed by atoms with van der Waals surface area (Å²) in [5.41, 5.74) is 3.01. The first-order valence-corrected chi connectivity index (χ1v) is 7.46. The lowest BCUT2D eigenvalue weighted by molar-refractivity contribution is 0.452. The average Bonchev–Trinajstić information content (AvgIpc) is 3.13. The van der Waals surface area contributed by atoms with Gasteiger partial charge in [-0.2, -0.15) is 5.10 Å². The number of phenolic OH excluding ortho intramolecular Hbond substituents is 2. The molecule has 0 fully saturated rings. The van der Waals surface area contributed by atoms with Crippen LogP contribution in [0.3, 0.4) is 0 Å². The average molecular weight is 309 g/mol. The topological polar surface area (TPSA) is 82.0 Å². The Kier molecular flexibility index (Phi) is 2.83. The van der Waals surface area contributed by atoms with Crippen LogP contribution in [0.2, 0.25) is 0 Å². The number of thiazole rings is 1. The molecule has 0 unspecified atom stereocenters. The van der Waals surface area contributed by atoms with Crippen molar-refractivity contribution in [3.8, 4) is 33.3 Å². The zero-order chi connectivity index (χ0) is 15.1. The van der Waals surface area contributed by atoms with E-state index in [2.05, 4.69) is 15.2 Å². The van der Waals surface area contributed by atoms with Crippen molar-refractivity contribution in [3.63, 3.8) is 0 Å². The summed E-state index contributed by atoms with van der Waals surface area (Å²) in [6, 6.07) is 12.4. The number of rotatable bonds is 2. The number of nitrogens with zero attached hydrogens (tertiary/aromatic N) is 2. The monoisotopic (exact) mass is 309 g/mol. The Morgan fingerprint density at radius 3 is 2.68 bits per heavy atom. The van der Waals surface area contributed by atoms with Crippen molar-refractivity contribution < 1.29 is 10.2 Å². The predicted molar refractivity (Wildman–Crippen MR) is 86.0 cm³/mol. The smallest absolute Gasteiger partial charge is 0.128 e. The molecule has 0 spiro atoms. The first-order chi connectivity index (χ1) is 10.7. The molecular weight excluding hydrogens is 298 g/mol. The number of hydrogen-bond acceptors (Lipinski definition) is 5. The van der Waals surface area contributed by atoms with Gasteiger partial charge < -0.3 is 10.2 Å². The second-order valence-electron chi connectivity index (χ2n) is 4.85. The molecule has 0 aliphatic rings. The van der Waals surface area contributed by atoms with Gasteiger partial charge in [0.05, 0.1) is 27.7 Å². The minimum Gasteiger partial charge on any atom is -0.508 e. The van der Waals surface area contributed by atoms with Gasteiger partial charge in [0, 0.05) is 11.6 Å². The Morgan fingerprint density at radius 2 is 1.86 bits per heavy atom. The summed E-state index contributed by atoms with van der Waals surface area (Å²) in [5.74, 6) is 0.00825. The van der Waals surface area contributed by atoms with Gasteiger partial charge in [-0.25, -0.2) is 4.98 Å². The highest BCUT2D eigenvalue weighted by molar-refractivity contribution is 7.21. The summed E-state index contributed by atoms with van der Waals surface area (Å²) < 4.78 is 1.10. The lowest BCUT2D eigenvalue weighted by Gasteiger charge is -2.04. The molecule has 0 aliphatic heterocycles. The van der Waals surface area contributed by atoms with Crippen LogP contribution in [-0.4, -0.2) is 25.4 Å². The van der Waals surface area contributed by atoms with Crippen molar-refractivity contribution in [3.05, 3.63) is 48.7 Å². The fourth-order valence-electron chi connectivity index (χ4n) is 2.37. The van der Waals surface area contributed by atoms with Gasteiger partial charge in [-0.15, -0.1) is 11.3 Å². The summed E-state index contributed by atoms with van der Waals surface area (Å²) >= 11 is 1.57. The maximum absolute atomic E-state index is 10.0. The van der Waals surface area contributed by atoms with Gasteiger partial charge >= 0.3 is 0 Å². The zero-order valence-corrected chi connectivity index (χ0v) is 12.1. The van der Waals surface area contributed by atoms with Crippen molar-refractivity contribution in [2.24, 2.45) is 0 Å². The summed E-state index contributed by atoms with van der Waals surface area (Å²) in [6.45, 7) is 0. The minimum absolute atomic E-state index is 0.00777. The number of para-hydroxylation sites is 1. The second kappa shape index (κ2) is 4.85. The summed E-state index contributed by atoms with van der Waals surface area (Å²) in [4.78, 5) is 4.62. The van der Waals surface area contributed by atoms with Crippen LogP contribution in [-0.2, 0) is 0 Å². The quantitative estimate of drug-likeness (QED) is 0.526. The highest BCUT2D eigenvalue weighted by Gasteiger charge is 2.16. The number of nitrogens with one attached hydrogen (secondary N) is 1. The lowest BCUT2D eigenvalue weighted by atomic mass is 10.1. The van der Waals surface area contributed by atoms with Gasteiger partial charge in [0.2, 0.25) is 0 Å². The molecule has 5 nitrogen and oxygen atoms in total. The van der Waals surface area contributed by atoms with E-state index < -0.39 is 0 Å². The van der Waals surface area contributed by atoms with Crippen molar-refractivity contribution >= 4 is 21.6 Å². The summed E-state index contributed by atoms with van der Waals surface area (Å²) in [5, 5.41) is 27.3. The molecule has 0 amide bonds. The van der Waals surface area contributed by atoms with E-state index in [-0.39, 0.29) is 11.5 Å². The fraction of sp³-hybridized carbons (Fsp3) is 0. The van der Waals surface area contributed by atoms with Crippen molar-refractivity contribution in [1.82, 2.24) is 15.2 Å². The SMILES string of the molecule is Oc1ccc(-c2[nH]ncc2-c2nc3ccccc3s2)c(O)c1. The van der Waals surface area contributed by atoms with E-state index in [1.165, 1.54) is 12.1 Å². The molecule has 0 aliphatic carbocycles. The largest absolute Gasteiger partial charge is 0.508 e. The van der Waals surface area contributed by atoms with Gasteiger partial charge in [-0.05, 0) is 24.3 Å². The molecule has 2 aromatic heterocycles. The normalized spacial score (nSPS) is 11.1. The molecule has 0 radical (unpaired) electrons. The molecule has 0 saturated heterocycles. The Morgan fingerprint density at radius 1 is 1.00 bits per heavy atom. The standard InChI is InChI=1S/C16H11N3O2S/c20-9-5-6-10(13(21)7-9)15-11(8-17-19-15)16-18-12-3-1-2-4-14(12)22-16/h1-8,20-21H,(H,17,19). The molecule has 2 aromatic carbocycles. The first kappa shape index (κ1) is 12.8. The molecule has 2 heterocycles. The molecule has 0 saturated carbocycles. The van der Waals surface area contributed by atoms with E-state index >= 15 is 0 Å². The molecule has 22 heavy (non-hydrogen) atoms. The predicted octanol–water partition coefficient (Wildman–Crippen LogP) is 3.76. The number of phenols is 2. The highest BCUT2D eigenvalue weighted by Crippen LogP contribution is 2.39. The van der Waals surface area contributed by atoms with Crippen LogP contribution in [0.4, 0.5) is 0 Å². The number of hydrogen-bond donors (Lipinski definition) is 3. The second-order valence-corrected chi connectivity index (χ2v) is 5.88. The third-order valence-corrected chi connectivity index (χ3v) is 4.48. The van der Waals surface area contributed by atoms with Crippen molar-refractivity contribution in [2.45, 2.75) is 0 Å². The highest BCUT2D eigenvalue weighted by atomic mass is 32.1. The maximum atomic E-state index is 10.0. The third kappa shape index (κ3) is 2.01. The Balaban J connectivity index is 1.89. The number of H-pyrrole nitrogens is 1. The van der Waals surface area contributed by atoms with Gasteiger partial charge in [-0.1, -0.05) is 12.1 Å². The Hall–Kier alpha value is -2.86. The summed E-state index contributed by atoms with van der Waals surface area (Å²) in [6.07, 6.45) is 1.69. The molecular formula is C16H11N3O2S. The maximum Gasteiger partial charge on any atom is 0.128 e. The summed E-state index contributed by atoms with van der Waals surface area (Å²) in [7, 11) is 0. The van der Waals surface area contributed by atoms with Crippen LogP contribution in [0.25, 0.3) is 32.0 Å². The third-order valence-electron chi connectivity index (χ3n) is 3.41. The molecule has 108 valence electrons. The van der Waals surface area contributed by atoms with E-state index in [0.29, 0.717) is 11.3 Å². The first-order valence-electron chi connectivity index (χ1n) is 6.64. The van der Waals surface area contributed by atoms with E-state index in [9.17, 15) is 10.2 Å². The molecule has 3 N–H and O–H groups in total. The van der Waals surface area contributed by atoms with Gasteiger partial charge in [0.25, 0.3) is 0 Å².